The Bertz CT molecular complexity index is 1190. The molecule has 1 amide bonds. The van der Waals surface area contributed by atoms with E-state index in [2.05, 4.69) is 4.90 Å². The molecular weight excluding hydrogens is 476 g/mol. The number of methoxy groups -OCH3 is 3. The summed E-state index contributed by atoms with van der Waals surface area (Å²) in [6.45, 7) is 6.00. The summed E-state index contributed by atoms with van der Waals surface area (Å²) in [5, 5.41) is 11.4. The van der Waals surface area contributed by atoms with Crippen LogP contribution in [0.2, 0.25) is 0 Å². The number of carbonyl (C=O) groups is 2. The van der Waals surface area contributed by atoms with Gasteiger partial charge in [-0.2, -0.15) is 0 Å². The smallest absolute Gasteiger partial charge is 0.295 e. The van der Waals surface area contributed by atoms with Crippen molar-refractivity contribution in [3.63, 3.8) is 0 Å². The number of ether oxygens (including phenoxy) is 4. The van der Waals surface area contributed by atoms with Gasteiger partial charge in [-0.05, 0) is 49.2 Å². The van der Waals surface area contributed by atoms with Crippen LogP contribution >= 0.6 is 0 Å². The summed E-state index contributed by atoms with van der Waals surface area (Å²) in [4.78, 5) is 30.6. The Hall–Kier alpha value is -3.56. The van der Waals surface area contributed by atoms with Crippen LogP contribution in [0.3, 0.4) is 0 Å². The number of benzene rings is 2. The molecule has 4 rings (SSSR count). The van der Waals surface area contributed by atoms with Crippen LogP contribution in [0, 0.1) is 6.92 Å². The predicted octanol–water partition coefficient (Wildman–Crippen LogP) is 3.16. The fourth-order valence-electron chi connectivity index (χ4n) is 4.94. The Balaban J connectivity index is 1.76. The molecule has 2 heterocycles. The average Bonchev–Trinajstić information content (AvgIpc) is 3.17. The highest BCUT2D eigenvalue weighted by molar-refractivity contribution is 6.46. The predicted molar refractivity (Wildman–Crippen MR) is 138 cm³/mol. The summed E-state index contributed by atoms with van der Waals surface area (Å²) in [6.07, 6.45) is 0.670. The summed E-state index contributed by atoms with van der Waals surface area (Å²) < 4.78 is 21.7. The van der Waals surface area contributed by atoms with Gasteiger partial charge in [0.2, 0.25) is 0 Å². The van der Waals surface area contributed by atoms with Crippen molar-refractivity contribution in [1.29, 1.82) is 0 Å². The first-order chi connectivity index (χ1) is 17.9. The summed E-state index contributed by atoms with van der Waals surface area (Å²) in [7, 11) is 4.64. The highest BCUT2D eigenvalue weighted by Gasteiger charge is 2.47. The summed E-state index contributed by atoms with van der Waals surface area (Å²) in [6, 6.07) is 9.60. The number of hydrogen-bond acceptors (Lipinski definition) is 8. The topological polar surface area (TPSA) is 97.8 Å². The second-order valence-electron chi connectivity index (χ2n) is 9.09. The molecule has 198 valence electrons. The van der Waals surface area contributed by atoms with E-state index < -0.39 is 17.7 Å². The zero-order chi connectivity index (χ0) is 26.5. The molecule has 0 aromatic heterocycles. The fraction of sp³-hybridized carbons (Fsp3) is 0.429. The van der Waals surface area contributed by atoms with Gasteiger partial charge in [0.25, 0.3) is 11.7 Å². The molecule has 0 unspecified atom stereocenters. The third-order valence-electron chi connectivity index (χ3n) is 6.94. The van der Waals surface area contributed by atoms with Crippen LogP contribution in [-0.4, -0.2) is 87.3 Å². The van der Waals surface area contributed by atoms with Gasteiger partial charge in [-0.25, -0.2) is 0 Å². The lowest BCUT2D eigenvalue weighted by Gasteiger charge is -2.29. The summed E-state index contributed by atoms with van der Waals surface area (Å²) in [5.41, 5.74) is 1.81. The first-order valence-corrected chi connectivity index (χ1v) is 12.3. The molecule has 0 bridgehead atoms. The number of aliphatic hydroxyl groups excluding tert-OH is 1. The quantitative estimate of drug-likeness (QED) is 0.312. The number of amides is 1. The Morgan fingerprint density at radius 3 is 2.30 bits per heavy atom. The van der Waals surface area contributed by atoms with Crippen molar-refractivity contribution in [2.24, 2.45) is 0 Å². The van der Waals surface area contributed by atoms with Crippen LogP contribution in [0.4, 0.5) is 0 Å². The first kappa shape index (κ1) is 26.5. The fourth-order valence-corrected chi connectivity index (χ4v) is 4.94. The number of morpholine rings is 1. The number of carbonyl (C=O) groups excluding carboxylic acids is 2. The molecule has 2 aliphatic rings. The van der Waals surface area contributed by atoms with Crippen molar-refractivity contribution in [3.05, 3.63) is 58.7 Å². The lowest BCUT2D eigenvalue weighted by Crippen LogP contribution is -2.39. The molecule has 2 saturated heterocycles. The molecule has 1 N–H and O–H groups in total. The standard InChI is InChI=1S/C28H34N2O7/c1-18-16-19(34-2)6-8-21(18)26(31)24-25(22-9-7-20(35-3)17-23(22)36-4)30(28(33)27(24)32)11-5-10-29-12-14-37-15-13-29/h6-9,16-17,25,31H,5,10-15H2,1-4H3/b26-24+/t25-/m0/s1. The molecule has 0 saturated carbocycles. The SMILES string of the molecule is COc1ccc(/C(O)=C2\C(=O)C(=O)N(CCCN3CCOCC3)[C@H]2c2ccc(OC)cc2OC)c(C)c1. The molecule has 37 heavy (non-hydrogen) atoms. The number of nitrogens with zero attached hydrogens (tertiary/aromatic N) is 2. The molecule has 9 heteroatoms. The number of ketones is 1. The van der Waals surface area contributed by atoms with Gasteiger partial charge in [-0.15, -0.1) is 0 Å². The summed E-state index contributed by atoms with van der Waals surface area (Å²) in [5.74, 6) is 0.0835. The lowest BCUT2D eigenvalue weighted by atomic mass is 9.93. The van der Waals surface area contributed by atoms with Crippen molar-refractivity contribution < 1.29 is 33.6 Å². The zero-order valence-corrected chi connectivity index (χ0v) is 21.8. The van der Waals surface area contributed by atoms with E-state index in [1.54, 1.807) is 50.6 Å². The molecule has 0 spiro atoms. The maximum atomic E-state index is 13.4. The molecule has 0 aliphatic carbocycles. The number of likely N-dealkylation sites (tertiary alicyclic amines) is 1. The number of hydrogen-bond donors (Lipinski definition) is 1. The van der Waals surface area contributed by atoms with E-state index in [0.717, 1.165) is 25.2 Å². The van der Waals surface area contributed by atoms with Crippen LogP contribution in [0.5, 0.6) is 17.2 Å². The molecule has 1 atom stereocenters. The van der Waals surface area contributed by atoms with E-state index in [9.17, 15) is 14.7 Å². The van der Waals surface area contributed by atoms with Crippen molar-refractivity contribution in [1.82, 2.24) is 9.80 Å². The molecular formula is C28H34N2O7. The third-order valence-corrected chi connectivity index (χ3v) is 6.94. The zero-order valence-electron chi connectivity index (χ0n) is 21.8. The second kappa shape index (κ2) is 11.7. The Morgan fingerprint density at radius 2 is 1.65 bits per heavy atom. The van der Waals surface area contributed by atoms with E-state index in [1.807, 2.05) is 6.92 Å². The first-order valence-electron chi connectivity index (χ1n) is 12.3. The van der Waals surface area contributed by atoms with Gasteiger partial charge < -0.3 is 29.0 Å². The Labute approximate surface area is 217 Å². The van der Waals surface area contributed by atoms with Gasteiger partial charge in [-0.3, -0.25) is 14.5 Å². The minimum Gasteiger partial charge on any atom is -0.507 e. The van der Waals surface area contributed by atoms with Gasteiger partial charge >= 0.3 is 0 Å². The number of aliphatic hydroxyl groups is 1. The third kappa shape index (κ3) is 5.42. The number of aryl methyl sites for hydroxylation is 1. The van der Waals surface area contributed by atoms with Crippen molar-refractivity contribution in [2.75, 3.05) is 60.7 Å². The van der Waals surface area contributed by atoms with Gasteiger partial charge in [-0.1, -0.05) is 0 Å². The van der Waals surface area contributed by atoms with Crippen LogP contribution in [0.1, 0.15) is 29.2 Å². The summed E-state index contributed by atoms with van der Waals surface area (Å²) >= 11 is 0. The molecule has 9 nitrogen and oxygen atoms in total. The van der Waals surface area contributed by atoms with E-state index >= 15 is 0 Å². The maximum Gasteiger partial charge on any atom is 0.295 e. The van der Waals surface area contributed by atoms with Crippen LogP contribution < -0.4 is 14.2 Å². The number of Topliss-reactive ketones (excluding diaryl/α,β-unsaturated/α-hetero) is 1. The number of rotatable bonds is 9. The molecule has 2 fully saturated rings. The maximum absolute atomic E-state index is 13.4. The van der Waals surface area contributed by atoms with Crippen molar-refractivity contribution >= 4 is 17.4 Å². The Kier molecular flexibility index (Phi) is 8.35. The van der Waals surface area contributed by atoms with E-state index in [-0.39, 0.29) is 11.3 Å². The largest absolute Gasteiger partial charge is 0.507 e. The van der Waals surface area contributed by atoms with Gasteiger partial charge in [0, 0.05) is 43.4 Å². The van der Waals surface area contributed by atoms with Crippen LogP contribution in [-0.2, 0) is 14.3 Å². The van der Waals surface area contributed by atoms with Crippen LogP contribution in [0.25, 0.3) is 5.76 Å². The van der Waals surface area contributed by atoms with E-state index in [1.165, 1.54) is 12.0 Å². The van der Waals surface area contributed by atoms with E-state index in [4.69, 9.17) is 18.9 Å². The highest BCUT2D eigenvalue weighted by Crippen LogP contribution is 2.44. The second-order valence-corrected chi connectivity index (χ2v) is 9.09. The lowest BCUT2D eigenvalue weighted by molar-refractivity contribution is -0.140. The minimum absolute atomic E-state index is 0.0353. The molecule has 0 radical (unpaired) electrons. The highest BCUT2D eigenvalue weighted by atomic mass is 16.5. The Morgan fingerprint density at radius 1 is 0.973 bits per heavy atom. The van der Waals surface area contributed by atoms with Crippen molar-refractivity contribution in [2.45, 2.75) is 19.4 Å². The molecule has 2 aromatic carbocycles. The minimum atomic E-state index is -0.813. The van der Waals surface area contributed by atoms with Crippen molar-refractivity contribution in [3.8, 4) is 17.2 Å². The van der Waals surface area contributed by atoms with Gasteiger partial charge in [0.15, 0.2) is 0 Å². The monoisotopic (exact) mass is 510 g/mol. The van der Waals surface area contributed by atoms with Gasteiger partial charge in [0.1, 0.15) is 23.0 Å². The van der Waals surface area contributed by atoms with Gasteiger partial charge in [0.05, 0.1) is 46.2 Å². The normalized spacial score (nSPS) is 19.8. The molecule has 2 aliphatic heterocycles. The van der Waals surface area contributed by atoms with Crippen LogP contribution in [0.15, 0.2) is 42.0 Å². The van der Waals surface area contributed by atoms with E-state index in [0.29, 0.717) is 54.6 Å². The average molecular weight is 511 g/mol. The molecule has 2 aromatic rings.